The Kier molecular flexibility index (Phi) is 8.13. The Morgan fingerprint density at radius 2 is 1.55 bits per heavy atom. The summed E-state index contributed by atoms with van der Waals surface area (Å²) in [5.41, 5.74) is 6.58. The third kappa shape index (κ3) is 4.73. The maximum atomic E-state index is 6.26. The van der Waals surface area contributed by atoms with Gasteiger partial charge in [0, 0.05) is 12.1 Å². The highest BCUT2D eigenvalue weighted by Gasteiger charge is 2.39. The zero-order valence-electron chi connectivity index (χ0n) is 14.5. The third-order valence-corrected chi connectivity index (χ3v) is 5.52. The predicted molar refractivity (Wildman–Crippen MR) is 90.0 cm³/mol. The molecule has 0 aliphatic heterocycles. The fraction of sp³-hybridized carbons (Fsp3) is 1.00. The molecule has 0 saturated heterocycles. The molecule has 2 nitrogen and oxygen atoms in total. The van der Waals surface area contributed by atoms with Crippen molar-refractivity contribution in [3.05, 3.63) is 0 Å². The van der Waals surface area contributed by atoms with Gasteiger partial charge in [0.05, 0.1) is 0 Å². The molecule has 120 valence electrons. The monoisotopic (exact) mass is 282 g/mol. The van der Waals surface area contributed by atoms with Gasteiger partial charge in [0.1, 0.15) is 0 Å². The van der Waals surface area contributed by atoms with E-state index >= 15 is 0 Å². The van der Waals surface area contributed by atoms with E-state index < -0.39 is 0 Å². The Morgan fingerprint density at radius 1 is 1.05 bits per heavy atom. The lowest BCUT2D eigenvalue weighted by Gasteiger charge is -2.48. The fourth-order valence-corrected chi connectivity index (χ4v) is 3.78. The summed E-state index contributed by atoms with van der Waals surface area (Å²) in [5.74, 6) is 1.76. The summed E-state index contributed by atoms with van der Waals surface area (Å²) >= 11 is 0. The Balaban J connectivity index is 2.67. The van der Waals surface area contributed by atoms with Crippen LogP contribution < -0.4 is 5.73 Å². The second kappa shape index (κ2) is 9.04. The van der Waals surface area contributed by atoms with Gasteiger partial charge in [0.25, 0.3) is 0 Å². The molecule has 1 aliphatic carbocycles. The van der Waals surface area contributed by atoms with Gasteiger partial charge in [-0.05, 0) is 63.5 Å². The summed E-state index contributed by atoms with van der Waals surface area (Å²) in [4.78, 5) is 2.76. The first kappa shape index (κ1) is 18.0. The van der Waals surface area contributed by atoms with Crippen LogP contribution >= 0.6 is 0 Å². The second-order valence-corrected chi connectivity index (χ2v) is 7.20. The molecule has 0 spiro atoms. The van der Waals surface area contributed by atoms with Crippen molar-refractivity contribution in [1.29, 1.82) is 0 Å². The zero-order chi connectivity index (χ0) is 15.0. The van der Waals surface area contributed by atoms with Crippen LogP contribution in [-0.4, -0.2) is 30.1 Å². The van der Waals surface area contributed by atoms with E-state index in [-0.39, 0.29) is 0 Å². The molecule has 1 rings (SSSR count). The largest absolute Gasteiger partial charge is 0.329 e. The standard InChI is InChI=1S/C18H38N2/c1-5-7-13-20(14-8-6-2)18(15-19)11-9-17(10-12-18)16(3)4/h16-17H,5-15,19H2,1-4H3. The van der Waals surface area contributed by atoms with Crippen molar-refractivity contribution in [3.8, 4) is 0 Å². The quantitative estimate of drug-likeness (QED) is 0.678. The minimum Gasteiger partial charge on any atom is -0.329 e. The van der Waals surface area contributed by atoms with Crippen LogP contribution in [-0.2, 0) is 0 Å². The maximum Gasteiger partial charge on any atom is 0.0331 e. The summed E-state index contributed by atoms with van der Waals surface area (Å²) in [6.07, 6.45) is 10.6. The van der Waals surface area contributed by atoms with Gasteiger partial charge >= 0.3 is 0 Å². The first-order valence-corrected chi connectivity index (χ1v) is 9.04. The lowest BCUT2D eigenvalue weighted by atomic mass is 9.72. The molecule has 0 heterocycles. The van der Waals surface area contributed by atoms with Crippen molar-refractivity contribution in [1.82, 2.24) is 4.90 Å². The molecule has 0 radical (unpaired) electrons. The molecule has 20 heavy (non-hydrogen) atoms. The number of nitrogens with two attached hydrogens (primary N) is 1. The first-order chi connectivity index (χ1) is 9.59. The van der Waals surface area contributed by atoms with Gasteiger partial charge in [-0.1, -0.05) is 40.5 Å². The van der Waals surface area contributed by atoms with Crippen molar-refractivity contribution in [3.63, 3.8) is 0 Å². The second-order valence-electron chi connectivity index (χ2n) is 7.20. The van der Waals surface area contributed by atoms with Crippen LogP contribution in [0.1, 0.15) is 79.1 Å². The van der Waals surface area contributed by atoms with Crippen LogP contribution in [0.4, 0.5) is 0 Å². The Hall–Kier alpha value is -0.0800. The van der Waals surface area contributed by atoms with Gasteiger partial charge in [-0.25, -0.2) is 0 Å². The van der Waals surface area contributed by atoms with Gasteiger partial charge in [-0.15, -0.1) is 0 Å². The highest BCUT2D eigenvalue weighted by molar-refractivity contribution is 4.96. The average molecular weight is 283 g/mol. The van der Waals surface area contributed by atoms with Crippen molar-refractivity contribution in [2.24, 2.45) is 17.6 Å². The molecule has 0 aromatic carbocycles. The molecule has 1 fully saturated rings. The average Bonchev–Trinajstić information content (AvgIpc) is 2.47. The summed E-state index contributed by atoms with van der Waals surface area (Å²) in [6, 6.07) is 0. The van der Waals surface area contributed by atoms with E-state index in [1.807, 2.05) is 0 Å². The van der Waals surface area contributed by atoms with Crippen LogP contribution in [0, 0.1) is 11.8 Å². The van der Waals surface area contributed by atoms with Crippen molar-refractivity contribution < 1.29 is 0 Å². The highest BCUT2D eigenvalue weighted by atomic mass is 15.2. The van der Waals surface area contributed by atoms with E-state index in [0.717, 1.165) is 18.4 Å². The minimum absolute atomic E-state index is 0.315. The van der Waals surface area contributed by atoms with E-state index in [0.29, 0.717) is 5.54 Å². The Labute approximate surface area is 127 Å². The van der Waals surface area contributed by atoms with Crippen LogP contribution in [0.2, 0.25) is 0 Å². The van der Waals surface area contributed by atoms with Gasteiger partial charge in [0.15, 0.2) is 0 Å². The Bertz CT molecular complexity index is 234. The van der Waals surface area contributed by atoms with Crippen molar-refractivity contribution in [2.75, 3.05) is 19.6 Å². The molecule has 1 aliphatic rings. The molecule has 2 N–H and O–H groups in total. The maximum absolute atomic E-state index is 6.26. The molecule has 0 aromatic rings. The van der Waals surface area contributed by atoms with E-state index in [2.05, 4.69) is 32.6 Å². The topological polar surface area (TPSA) is 29.3 Å². The van der Waals surface area contributed by atoms with Gasteiger partial charge in [-0.3, -0.25) is 4.90 Å². The third-order valence-electron chi connectivity index (χ3n) is 5.52. The first-order valence-electron chi connectivity index (χ1n) is 9.04. The summed E-state index contributed by atoms with van der Waals surface area (Å²) < 4.78 is 0. The van der Waals surface area contributed by atoms with E-state index in [1.54, 1.807) is 0 Å². The fourth-order valence-electron chi connectivity index (χ4n) is 3.78. The lowest BCUT2D eigenvalue weighted by molar-refractivity contribution is 0.0325. The van der Waals surface area contributed by atoms with Crippen LogP contribution in [0.3, 0.4) is 0 Å². The highest BCUT2D eigenvalue weighted by Crippen LogP contribution is 2.39. The Morgan fingerprint density at radius 3 is 1.90 bits per heavy atom. The van der Waals surface area contributed by atoms with E-state index in [4.69, 9.17) is 5.73 Å². The summed E-state index contributed by atoms with van der Waals surface area (Å²) in [7, 11) is 0. The molecule has 0 amide bonds. The molecule has 0 aromatic heterocycles. The lowest BCUT2D eigenvalue weighted by Crippen LogP contribution is -2.56. The van der Waals surface area contributed by atoms with E-state index in [9.17, 15) is 0 Å². The van der Waals surface area contributed by atoms with Crippen molar-refractivity contribution >= 4 is 0 Å². The number of rotatable bonds is 9. The van der Waals surface area contributed by atoms with Crippen LogP contribution in [0.5, 0.6) is 0 Å². The summed E-state index contributed by atoms with van der Waals surface area (Å²) in [5, 5.41) is 0. The molecule has 1 saturated carbocycles. The van der Waals surface area contributed by atoms with Gasteiger partial charge in [0.2, 0.25) is 0 Å². The van der Waals surface area contributed by atoms with Crippen molar-refractivity contribution in [2.45, 2.75) is 84.6 Å². The molecule has 2 heteroatoms. The molecule has 0 atom stereocenters. The molecular formula is C18H38N2. The number of nitrogens with zero attached hydrogens (tertiary/aromatic N) is 1. The van der Waals surface area contributed by atoms with Gasteiger partial charge in [-0.2, -0.15) is 0 Å². The predicted octanol–water partition coefficient (Wildman–Crippen LogP) is 4.43. The number of unbranched alkanes of at least 4 members (excludes halogenated alkanes) is 2. The van der Waals surface area contributed by atoms with Gasteiger partial charge < -0.3 is 5.73 Å². The van der Waals surface area contributed by atoms with Crippen LogP contribution in [0.25, 0.3) is 0 Å². The molecule has 0 unspecified atom stereocenters. The SMILES string of the molecule is CCCCN(CCCC)C1(CN)CCC(C(C)C)CC1. The molecule has 0 bridgehead atoms. The normalized spacial score (nSPS) is 27.4. The van der Waals surface area contributed by atoms with E-state index in [1.165, 1.54) is 64.5 Å². The van der Waals surface area contributed by atoms with Crippen LogP contribution in [0.15, 0.2) is 0 Å². The number of hydrogen-bond acceptors (Lipinski definition) is 2. The zero-order valence-corrected chi connectivity index (χ0v) is 14.5. The summed E-state index contributed by atoms with van der Waals surface area (Å²) in [6.45, 7) is 12.7. The smallest absolute Gasteiger partial charge is 0.0331 e. The minimum atomic E-state index is 0.315. The number of hydrogen-bond donors (Lipinski definition) is 1. The molecular weight excluding hydrogens is 244 g/mol.